The first kappa shape index (κ1) is 22.2. The number of rotatable bonds is 6. The van der Waals surface area contributed by atoms with Gasteiger partial charge in [0.05, 0.1) is 10.5 Å². The second-order valence-electron chi connectivity index (χ2n) is 7.37. The van der Waals surface area contributed by atoms with E-state index in [1.807, 2.05) is 13.8 Å². The normalized spacial score (nSPS) is 16.3. The number of carboxylic acid groups (broad SMARTS) is 1. The molecule has 1 aliphatic rings. The first-order valence-corrected chi connectivity index (χ1v) is 9.99. The summed E-state index contributed by atoms with van der Waals surface area (Å²) in [6.45, 7) is 3.91. The number of pyridine rings is 1. The molecule has 0 saturated carbocycles. The second-order valence-corrected chi connectivity index (χ2v) is 8.22. The summed E-state index contributed by atoms with van der Waals surface area (Å²) in [4.78, 5) is 14.8. The Morgan fingerprint density at radius 2 is 2.10 bits per heavy atom. The Morgan fingerprint density at radius 3 is 2.73 bits per heavy atom. The summed E-state index contributed by atoms with van der Waals surface area (Å²) in [5, 5.41) is 11.4. The van der Waals surface area contributed by atoms with E-state index in [1.54, 1.807) is 6.07 Å². The highest BCUT2D eigenvalue weighted by molar-refractivity contribution is 9.10. The lowest BCUT2D eigenvalue weighted by molar-refractivity contribution is -0.198. The van der Waals surface area contributed by atoms with E-state index in [0.29, 0.717) is 22.0 Å². The van der Waals surface area contributed by atoms with Gasteiger partial charge in [-0.3, -0.25) is 4.98 Å². The Morgan fingerprint density at radius 1 is 1.37 bits per heavy atom. The lowest BCUT2D eigenvalue weighted by Gasteiger charge is -2.30. The minimum atomic E-state index is -4.61. The summed E-state index contributed by atoms with van der Waals surface area (Å²) in [5.41, 5.74) is 0.807. The maximum absolute atomic E-state index is 13.5. The molecule has 0 bridgehead atoms. The van der Waals surface area contributed by atoms with Gasteiger partial charge in [0.15, 0.2) is 0 Å². The van der Waals surface area contributed by atoms with Crippen molar-refractivity contribution in [2.24, 2.45) is 5.92 Å². The third-order valence-corrected chi connectivity index (χ3v) is 5.14. The molecule has 1 unspecified atom stereocenters. The van der Waals surface area contributed by atoms with E-state index in [0.717, 1.165) is 6.20 Å². The van der Waals surface area contributed by atoms with E-state index in [1.165, 1.54) is 18.3 Å². The van der Waals surface area contributed by atoms with E-state index >= 15 is 0 Å². The zero-order valence-electron chi connectivity index (χ0n) is 16.2. The second kappa shape index (κ2) is 8.71. The Balaban J connectivity index is 1.90. The number of hydrogen-bond donors (Lipinski definition) is 2. The minimum absolute atomic E-state index is 0.0189. The number of hydrogen-bond acceptors (Lipinski definition) is 4. The molecule has 162 valence electrons. The van der Waals surface area contributed by atoms with Gasteiger partial charge in [0.1, 0.15) is 18.1 Å². The number of nitrogens with zero attached hydrogens (tertiary/aromatic N) is 1. The van der Waals surface area contributed by atoms with Crippen molar-refractivity contribution in [2.45, 2.75) is 38.6 Å². The average molecular weight is 489 g/mol. The van der Waals surface area contributed by atoms with Gasteiger partial charge in [-0.15, -0.1) is 0 Å². The van der Waals surface area contributed by atoms with Crippen molar-refractivity contribution in [1.29, 1.82) is 0 Å². The van der Waals surface area contributed by atoms with Crippen LogP contribution in [0.25, 0.3) is 11.1 Å². The molecular weight excluding hydrogens is 469 g/mol. The van der Waals surface area contributed by atoms with Gasteiger partial charge in [-0.05, 0) is 46.0 Å². The van der Waals surface area contributed by atoms with Crippen molar-refractivity contribution in [3.8, 4) is 22.6 Å². The monoisotopic (exact) mass is 488 g/mol. The SMILES string of the molecule is CC(C)C[C@@H](COc1cc2c(cc1Br)-c1ccncc1C(C(F)(F)F)O2)NC(=O)O. The van der Waals surface area contributed by atoms with Crippen LogP contribution in [0.1, 0.15) is 31.9 Å². The number of alkyl halides is 3. The number of halogens is 4. The zero-order valence-corrected chi connectivity index (χ0v) is 17.8. The number of nitrogens with one attached hydrogen (secondary N) is 1. The fourth-order valence-electron chi connectivity index (χ4n) is 3.35. The molecule has 1 aromatic heterocycles. The van der Waals surface area contributed by atoms with Crippen molar-refractivity contribution >= 4 is 22.0 Å². The number of benzene rings is 1. The van der Waals surface area contributed by atoms with Crippen LogP contribution < -0.4 is 14.8 Å². The summed E-state index contributed by atoms with van der Waals surface area (Å²) in [6, 6.07) is 4.05. The van der Waals surface area contributed by atoms with Crippen LogP contribution in [-0.2, 0) is 0 Å². The number of amides is 1. The number of aromatic nitrogens is 1. The quantitative estimate of drug-likeness (QED) is 0.555. The van der Waals surface area contributed by atoms with Crippen molar-refractivity contribution in [3.63, 3.8) is 0 Å². The standard InChI is InChI=1S/C20H20BrF3N2O4/c1-10(2)5-11(26-19(27)28)9-29-17-7-16-13(6-15(17)21)12-3-4-25-8-14(12)18(30-16)20(22,23)24/h3-4,6-8,10-11,18,26H,5,9H2,1-2H3,(H,27,28)/t11-,18?/m0/s1. The maximum Gasteiger partial charge on any atom is 0.429 e. The number of carbonyl (C=O) groups is 1. The Hall–Kier alpha value is -2.49. The van der Waals surface area contributed by atoms with Gasteiger partial charge in [-0.25, -0.2) is 4.79 Å². The topological polar surface area (TPSA) is 80.7 Å². The molecule has 0 aliphatic carbocycles. The molecule has 2 aromatic rings. The van der Waals surface area contributed by atoms with Crippen molar-refractivity contribution in [1.82, 2.24) is 10.3 Å². The molecule has 2 N–H and O–H groups in total. The van der Waals surface area contributed by atoms with Crippen molar-refractivity contribution in [2.75, 3.05) is 6.61 Å². The van der Waals surface area contributed by atoms with Gasteiger partial charge < -0.3 is 19.9 Å². The smallest absolute Gasteiger partial charge is 0.429 e. The molecule has 0 saturated heterocycles. The lowest BCUT2D eigenvalue weighted by atomic mass is 9.94. The molecule has 3 rings (SSSR count). The summed E-state index contributed by atoms with van der Waals surface area (Å²) in [5.74, 6) is 0.507. The lowest BCUT2D eigenvalue weighted by Crippen LogP contribution is -2.39. The Labute approximate surface area is 179 Å². The Bertz CT molecular complexity index is 937. The number of fused-ring (bicyclic) bond motifs is 3. The van der Waals surface area contributed by atoms with Crippen molar-refractivity contribution < 1.29 is 32.5 Å². The summed E-state index contributed by atoms with van der Waals surface area (Å²) >= 11 is 3.38. The van der Waals surface area contributed by atoms with Crippen LogP contribution in [0.2, 0.25) is 0 Å². The first-order valence-electron chi connectivity index (χ1n) is 9.19. The van der Waals surface area contributed by atoms with E-state index in [2.05, 4.69) is 26.2 Å². The molecule has 10 heteroatoms. The highest BCUT2D eigenvalue weighted by Gasteiger charge is 2.47. The van der Waals surface area contributed by atoms with Gasteiger partial charge >= 0.3 is 12.3 Å². The highest BCUT2D eigenvalue weighted by Crippen LogP contribution is 2.50. The molecular formula is C20H20BrF3N2O4. The molecule has 0 radical (unpaired) electrons. The fraction of sp³-hybridized carbons (Fsp3) is 0.400. The summed E-state index contributed by atoms with van der Waals surface area (Å²) in [7, 11) is 0. The maximum atomic E-state index is 13.5. The molecule has 30 heavy (non-hydrogen) atoms. The van der Waals surface area contributed by atoms with Crippen LogP contribution in [0.3, 0.4) is 0 Å². The predicted octanol–water partition coefficient (Wildman–Crippen LogP) is 5.57. The molecule has 1 aromatic carbocycles. The van der Waals surface area contributed by atoms with Crippen LogP contribution in [-0.4, -0.2) is 35.0 Å². The van der Waals surface area contributed by atoms with E-state index in [-0.39, 0.29) is 29.6 Å². The fourth-order valence-corrected chi connectivity index (χ4v) is 3.81. The largest absolute Gasteiger partial charge is 0.490 e. The first-order chi connectivity index (χ1) is 14.1. The van der Waals surface area contributed by atoms with Crippen LogP contribution in [0.5, 0.6) is 11.5 Å². The van der Waals surface area contributed by atoms with Crippen LogP contribution in [0.15, 0.2) is 35.1 Å². The molecule has 1 aliphatic heterocycles. The molecule has 1 amide bonds. The Kier molecular flexibility index (Phi) is 6.44. The van der Waals surface area contributed by atoms with Gasteiger partial charge in [0.2, 0.25) is 6.10 Å². The minimum Gasteiger partial charge on any atom is -0.490 e. The molecule has 2 atom stereocenters. The zero-order chi connectivity index (χ0) is 22.1. The van der Waals surface area contributed by atoms with Gasteiger partial charge in [0, 0.05) is 29.6 Å². The molecule has 0 spiro atoms. The van der Waals surface area contributed by atoms with Gasteiger partial charge in [-0.2, -0.15) is 13.2 Å². The van der Waals surface area contributed by atoms with Gasteiger partial charge in [0.25, 0.3) is 0 Å². The highest BCUT2D eigenvalue weighted by atomic mass is 79.9. The van der Waals surface area contributed by atoms with Crippen molar-refractivity contribution in [3.05, 3.63) is 40.6 Å². The number of ether oxygens (including phenoxy) is 2. The third kappa shape index (κ3) is 4.97. The van der Waals surface area contributed by atoms with E-state index < -0.39 is 24.4 Å². The van der Waals surface area contributed by atoms with Crippen LogP contribution in [0, 0.1) is 5.92 Å². The van der Waals surface area contributed by atoms with Crippen LogP contribution in [0.4, 0.5) is 18.0 Å². The van der Waals surface area contributed by atoms with E-state index in [4.69, 9.17) is 14.6 Å². The van der Waals surface area contributed by atoms with Gasteiger partial charge in [-0.1, -0.05) is 13.8 Å². The third-order valence-electron chi connectivity index (χ3n) is 4.52. The average Bonchev–Trinajstić information content (AvgIpc) is 2.64. The molecule has 2 heterocycles. The summed E-state index contributed by atoms with van der Waals surface area (Å²) in [6.07, 6.45) is -4.80. The molecule has 0 fully saturated rings. The van der Waals surface area contributed by atoms with E-state index in [9.17, 15) is 18.0 Å². The predicted molar refractivity (Wildman–Crippen MR) is 107 cm³/mol. The summed E-state index contributed by atoms with van der Waals surface area (Å²) < 4.78 is 52.1. The molecule has 6 nitrogen and oxygen atoms in total. The van der Waals surface area contributed by atoms with Crippen LogP contribution >= 0.6 is 15.9 Å².